The number of aliphatic hydroxyl groups is 1. The lowest BCUT2D eigenvalue weighted by molar-refractivity contribution is -0.133. The quantitative estimate of drug-likeness (QED) is 0.680. The SMILES string of the molecule is N#CC1CN(Cc2ncc(-c3ccc([C@H](O)[C@@H](CF)NC(=O)C(F)F)cc3)s2)C1. The van der Waals surface area contributed by atoms with Crippen LogP contribution in [0, 0.1) is 17.2 Å². The number of carbonyl (C=O) groups is 1. The van der Waals surface area contributed by atoms with E-state index in [1.54, 1.807) is 35.8 Å². The molecule has 1 amide bonds. The number of amides is 1. The summed E-state index contributed by atoms with van der Waals surface area (Å²) in [7, 11) is 0. The Bertz CT molecular complexity index is 878. The van der Waals surface area contributed by atoms with Gasteiger partial charge in [-0.05, 0) is 11.1 Å². The molecule has 6 nitrogen and oxygen atoms in total. The van der Waals surface area contributed by atoms with Gasteiger partial charge in [0.2, 0.25) is 0 Å². The van der Waals surface area contributed by atoms with Gasteiger partial charge in [-0.1, -0.05) is 24.3 Å². The Morgan fingerprint density at radius 3 is 2.66 bits per heavy atom. The largest absolute Gasteiger partial charge is 0.386 e. The van der Waals surface area contributed by atoms with Crippen molar-refractivity contribution >= 4 is 17.2 Å². The van der Waals surface area contributed by atoms with Crippen molar-refractivity contribution in [2.75, 3.05) is 19.8 Å². The minimum atomic E-state index is -3.28. The average Bonchev–Trinajstić information content (AvgIpc) is 3.16. The predicted octanol–water partition coefficient (Wildman–Crippen LogP) is 2.52. The van der Waals surface area contributed by atoms with E-state index < -0.39 is 31.2 Å². The highest BCUT2D eigenvalue weighted by atomic mass is 32.1. The summed E-state index contributed by atoms with van der Waals surface area (Å²) < 4.78 is 37.8. The number of aromatic nitrogens is 1. The predicted molar refractivity (Wildman–Crippen MR) is 101 cm³/mol. The third-order valence-electron chi connectivity index (χ3n) is 4.66. The summed E-state index contributed by atoms with van der Waals surface area (Å²) in [4.78, 5) is 18.5. The zero-order valence-corrected chi connectivity index (χ0v) is 16.1. The summed E-state index contributed by atoms with van der Waals surface area (Å²) in [5.41, 5.74) is 1.15. The Kier molecular flexibility index (Phi) is 6.84. The Hall–Kier alpha value is -2.48. The molecular weight excluding hydrogens is 405 g/mol. The number of likely N-dealkylation sites (tertiary alicyclic amines) is 1. The number of hydrogen-bond donors (Lipinski definition) is 2. The monoisotopic (exact) mass is 424 g/mol. The van der Waals surface area contributed by atoms with Crippen LogP contribution in [0.15, 0.2) is 30.5 Å². The molecule has 0 aliphatic carbocycles. The third kappa shape index (κ3) is 5.12. The fourth-order valence-corrected chi connectivity index (χ4v) is 3.98. The number of aliphatic hydroxyl groups excluding tert-OH is 1. The van der Waals surface area contributed by atoms with Crippen LogP contribution in [0.5, 0.6) is 0 Å². The first-order valence-electron chi connectivity index (χ1n) is 8.90. The standard InChI is InChI=1S/C19H19F3N4O2S/c20-5-14(25-19(28)18(21)22)17(27)13-3-1-12(2-4-13)15-7-24-16(29-15)10-26-8-11(6-23)9-26/h1-4,7,11,14,17-18,27H,5,8-10H2,(H,25,28)/t14-,17+/m1/s1. The van der Waals surface area contributed by atoms with Gasteiger partial charge in [-0.2, -0.15) is 14.0 Å². The fraction of sp³-hybridized carbons (Fsp3) is 0.421. The molecule has 3 rings (SSSR count). The van der Waals surface area contributed by atoms with E-state index in [4.69, 9.17) is 5.26 Å². The van der Waals surface area contributed by atoms with Gasteiger partial charge in [0.15, 0.2) is 0 Å². The van der Waals surface area contributed by atoms with Crippen LogP contribution in [0.1, 0.15) is 16.7 Å². The zero-order chi connectivity index (χ0) is 21.0. The molecule has 2 heterocycles. The first kappa shape index (κ1) is 21.2. The van der Waals surface area contributed by atoms with Gasteiger partial charge in [0.05, 0.1) is 29.5 Å². The molecule has 0 unspecified atom stereocenters. The number of alkyl halides is 3. The van der Waals surface area contributed by atoms with Gasteiger partial charge in [0.25, 0.3) is 5.91 Å². The fourth-order valence-electron chi connectivity index (χ4n) is 3.01. The molecule has 0 spiro atoms. The maximum absolute atomic E-state index is 13.1. The number of nitrogens with one attached hydrogen (secondary N) is 1. The minimum Gasteiger partial charge on any atom is -0.386 e. The second-order valence-corrected chi connectivity index (χ2v) is 7.89. The summed E-state index contributed by atoms with van der Waals surface area (Å²) in [6.45, 7) is 0.996. The molecule has 1 fully saturated rings. The average molecular weight is 424 g/mol. The maximum Gasteiger partial charge on any atom is 0.315 e. The molecule has 10 heteroatoms. The van der Waals surface area contributed by atoms with Crippen LogP contribution in [0.25, 0.3) is 10.4 Å². The van der Waals surface area contributed by atoms with E-state index in [1.165, 1.54) is 11.3 Å². The smallest absolute Gasteiger partial charge is 0.315 e. The second kappa shape index (κ2) is 9.35. The molecule has 2 atom stereocenters. The van der Waals surface area contributed by atoms with Crippen LogP contribution in [0.3, 0.4) is 0 Å². The van der Waals surface area contributed by atoms with Crippen molar-refractivity contribution in [2.24, 2.45) is 5.92 Å². The Morgan fingerprint density at radius 1 is 1.38 bits per heavy atom. The van der Waals surface area contributed by atoms with Gasteiger partial charge in [-0.3, -0.25) is 9.69 Å². The van der Waals surface area contributed by atoms with E-state index in [0.29, 0.717) is 12.1 Å². The van der Waals surface area contributed by atoms with Crippen LogP contribution >= 0.6 is 11.3 Å². The van der Waals surface area contributed by atoms with Crippen LogP contribution in [0.4, 0.5) is 13.2 Å². The Morgan fingerprint density at radius 2 is 2.07 bits per heavy atom. The molecule has 1 aromatic heterocycles. The summed E-state index contributed by atoms with van der Waals surface area (Å²) in [6.07, 6.45) is -2.99. The topological polar surface area (TPSA) is 89.2 Å². The number of benzene rings is 1. The highest BCUT2D eigenvalue weighted by Crippen LogP contribution is 2.29. The maximum atomic E-state index is 13.1. The molecule has 2 N–H and O–H groups in total. The normalized spacial score (nSPS) is 16.8. The van der Waals surface area contributed by atoms with Gasteiger partial charge < -0.3 is 10.4 Å². The van der Waals surface area contributed by atoms with Crippen LogP contribution in [0.2, 0.25) is 0 Å². The molecule has 0 saturated carbocycles. The number of nitriles is 1. The van der Waals surface area contributed by atoms with E-state index >= 15 is 0 Å². The highest BCUT2D eigenvalue weighted by Gasteiger charge is 2.28. The van der Waals surface area contributed by atoms with Crippen molar-refractivity contribution in [3.8, 4) is 16.5 Å². The molecule has 1 aliphatic heterocycles. The second-order valence-electron chi connectivity index (χ2n) is 6.78. The molecule has 1 saturated heterocycles. The molecule has 1 aliphatic rings. The van der Waals surface area contributed by atoms with Crippen molar-refractivity contribution in [1.82, 2.24) is 15.2 Å². The van der Waals surface area contributed by atoms with E-state index in [0.717, 1.165) is 28.5 Å². The molecule has 29 heavy (non-hydrogen) atoms. The van der Waals surface area contributed by atoms with Crippen LogP contribution in [-0.4, -0.2) is 53.1 Å². The molecular formula is C19H19F3N4O2S. The van der Waals surface area contributed by atoms with E-state index in [-0.39, 0.29) is 5.92 Å². The minimum absolute atomic E-state index is 0.0898. The first-order valence-corrected chi connectivity index (χ1v) is 9.72. The lowest BCUT2D eigenvalue weighted by Gasteiger charge is -2.34. The molecule has 2 aromatic rings. The lowest BCUT2D eigenvalue weighted by Crippen LogP contribution is -2.45. The van der Waals surface area contributed by atoms with Crippen molar-refractivity contribution in [1.29, 1.82) is 5.26 Å². The summed E-state index contributed by atoms with van der Waals surface area (Å²) >= 11 is 1.51. The van der Waals surface area contributed by atoms with Gasteiger partial charge in [0, 0.05) is 19.3 Å². The summed E-state index contributed by atoms with van der Waals surface area (Å²) in [5.74, 6) is -1.53. The van der Waals surface area contributed by atoms with Gasteiger partial charge in [0.1, 0.15) is 17.8 Å². The molecule has 154 valence electrons. The van der Waals surface area contributed by atoms with E-state index in [2.05, 4.69) is 16.0 Å². The van der Waals surface area contributed by atoms with Crippen molar-refractivity contribution in [3.63, 3.8) is 0 Å². The Balaban J connectivity index is 1.62. The summed E-state index contributed by atoms with van der Waals surface area (Å²) in [6, 6.07) is 7.33. The van der Waals surface area contributed by atoms with Crippen molar-refractivity contribution in [3.05, 3.63) is 41.0 Å². The molecule has 1 aromatic carbocycles. The lowest BCUT2D eigenvalue weighted by atomic mass is 10.0. The molecule has 0 bridgehead atoms. The highest BCUT2D eigenvalue weighted by molar-refractivity contribution is 7.15. The zero-order valence-electron chi connectivity index (χ0n) is 15.3. The van der Waals surface area contributed by atoms with Gasteiger partial charge in [-0.25, -0.2) is 9.37 Å². The van der Waals surface area contributed by atoms with Gasteiger partial charge >= 0.3 is 6.43 Å². The van der Waals surface area contributed by atoms with Gasteiger partial charge in [-0.15, -0.1) is 11.3 Å². The van der Waals surface area contributed by atoms with E-state index in [1.807, 2.05) is 0 Å². The number of carbonyl (C=O) groups excluding carboxylic acids is 1. The number of nitrogens with zero attached hydrogens (tertiary/aromatic N) is 3. The van der Waals surface area contributed by atoms with Crippen LogP contribution < -0.4 is 5.32 Å². The Labute approximate surface area is 169 Å². The number of halogens is 3. The molecule has 0 radical (unpaired) electrons. The van der Waals surface area contributed by atoms with E-state index in [9.17, 15) is 23.1 Å². The van der Waals surface area contributed by atoms with Crippen molar-refractivity contribution < 1.29 is 23.1 Å². The van der Waals surface area contributed by atoms with Crippen molar-refractivity contribution in [2.45, 2.75) is 25.1 Å². The number of rotatable bonds is 8. The number of thiazole rings is 1. The first-order chi connectivity index (χ1) is 13.9. The third-order valence-corrected chi connectivity index (χ3v) is 5.69. The van der Waals surface area contributed by atoms with Crippen LogP contribution in [-0.2, 0) is 11.3 Å². The number of hydrogen-bond acceptors (Lipinski definition) is 6. The summed E-state index contributed by atoms with van der Waals surface area (Å²) in [5, 5.41) is 21.8.